The summed E-state index contributed by atoms with van der Waals surface area (Å²) in [6.07, 6.45) is 1.70. The van der Waals surface area contributed by atoms with Gasteiger partial charge in [0.25, 0.3) is 5.91 Å². The standard InChI is InChI=1S/C15H24N4O3S/c1-10(23)19-7-5-15(2,6-8-19)18-14(20)13-16-11(21-3)9-12(17-13)22-4/h9-10,23H,5-8H2,1-4H3,(H,18,20). The fraction of sp³-hybridized carbons (Fsp3) is 0.667. The topological polar surface area (TPSA) is 76.6 Å². The molecule has 128 valence electrons. The van der Waals surface area contributed by atoms with Crippen molar-refractivity contribution in [2.45, 2.75) is 37.6 Å². The number of nitrogens with zero attached hydrogens (tertiary/aromatic N) is 3. The minimum Gasteiger partial charge on any atom is -0.481 e. The van der Waals surface area contributed by atoms with Gasteiger partial charge in [0.1, 0.15) is 0 Å². The quantitative estimate of drug-likeness (QED) is 0.788. The predicted octanol–water partition coefficient (Wildman–Crippen LogP) is 1.35. The molecule has 2 rings (SSSR count). The summed E-state index contributed by atoms with van der Waals surface area (Å²) in [5.74, 6) is 0.321. The lowest BCUT2D eigenvalue weighted by atomic mass is 9.89. The molecule has 0 saturated carbocycles. The van der Waals surface area contributed by atoms with Crippen molar-refractivity contribution in [2.75, 3.05) is 27.3 Å². The fourth-order valence-electron chi connectivity index (χ4n) is 2.56. The third-order valence-electron chi connectivity index (χ3n) is 4.15. The van der Waals surface area contributed by atoms with Crippen molar-refractivity contribution >= 4 is 18.5 Å². The van der Waals surface area contributed by atoms with Crippen molar-refractivity contribution in [1.29, 1.82) is 0 Å². The number of thiol groups is 1. The SMILES string of the molecule is COc1cc(OC)nc(C(=O)NC2(C)CCN(C(C)S)CC2)n1. The number of piperidine rings is 1. The molecular weight excluding hydrogens is 316 g/mol. The lowest BCUT2D eigenvalue weighted by Gasteiger charge is -2.41. The lowest BCUT2D eigenvalue weighted by Crippen LogP contribution is -2.54. The van der Waals surface area contributed by atoms with E-state index in [0.29, 0.717) is 11.8 Å². The number of likely N-dealkylation sites (tertiary alicyclic amines) is 1. The number of hydrogen-bond donors (Lipinski definition) is 2. The van der Waals surface area contributed by atoms with E-state index in [1.807, 2.05) is 6.92 Å². The number of amides is 1. The second-order valence-electron chi connectivity index (χ2n) is 5.96. The Hall–Kier alpha value is -1.54. The van der Waals surface area contributed by atoms with E-state index in [1.54, 1.807) is 0 Å². The molecule has 1 fully saturated rings. The van der Waals surface area contributed by atoms with Gasteiger partial charge in [-0.25, -0.2) is 0 Å². The van der Waals surface area contributed by atoms with Crippen LogP contribution in [-0.2, 0) is 0 Å². The number of nitrogens with one attached hydrogen (secondary N) is 1. The molecule has 23 heavy (non-hydrogen) atoms. The third kappa shape index (κ3) is 4.48. The number of ether oxygens (including phenoxy) is 2. The molecule has 1 N–H and O–H groups in total. The summed E-state index contributed by atoms with van der Waals surface area (Å²) in [6, 6.07) is 1.53. The Labute approximate surface area is 142 Å². The molecule has 2 heterocycles. The first-order valence-corrected chi connectivity index (χ1v) is 8.10. The molecule has 1 saturated heterocycles. The third-order valence-corrected chi connectivity index (χ3v) is 4.47. The van der Waals surface area contributed by atoms with Gasteiger partial charge in [-0.05, 0) is 26.7 Å². The highest BCUT2D eigenvalue weighted by Crippen LogP contribution is 2.24. The van der Waals surface area contributed by atoms with Crippen molar-refractivity contribution in [1.82, 2.24) is 20.2 Å². The van der Waals surface area contributed by atoms with E-state index in [-0.39, 0.29) is 22.6 Å². The van der Waals surface area contributed by atoms with Crippen LogP contribution in [0.2, 0.25) is 0 Å². The van der Waals surface area contributed by atoms with E-state index in [4.69, 9.17) is 9.47 Å². The van der Waals surface area contributed by atoms with Crippen molar-refractivity contribution in [2.24, 2.45) is 0 Å². The number of rotatable bonds is 5. The van der Waals surface area contributed by atoms with Crippen LogP contribution < -0.4 is 14.8 Å². The van der Waals surface area contributed by atoms with Crippen LogP contribution in [0.4, 0.5) is 0 Å². The van der Waals surface area contributed by atoms with E-state index in [1.165, 1.54) is 20.3 Å². The summed E-state index contributed by atoms with van der Waals surface area (Å²) in [6.45, 7) is 5.89. The van der Waals surface area contributed by atoms with Gasteiger partial charge < -0.3 is 14.8 Å². The molecule has 0 aliphatic carbocycles. The highest BCUT2D eigenvalue weighted by Gasteiger charge is 2.33. The molecule has 0 radical (unpaired) electrons. The van der Waals surface area contributed by atoms with E-state index >= 15 is 0 Å². The van der Waals surface area contributed by atoms with Crippen LogP contribution >= 0.6 is 12.6 Å². The molecule has 0 bridgehead atoms. The molecule has 1 aliphatic heterocycles. The Kier molecular flexibility index (Phi) is 5.69. The highest BCUT2D eigenvalue weighted by molar-refractivity contribution is 7.80. The highest BCUT2D eigenvalue weighted by atomic mass is 32.1. The van der Waals surface area contributed by atoms with Crippen LogP contribution in [0.1, 0.15) is 37.3 Å². The van der Waals surface area contributed by atoms with Crippen molar-refractivity contribution in [3.63, 3.8) is 0 Å². The minimum atomic E-state index is -0.322. The zero-order valence-corrected chi connectivity index (χ0v) is 14.9. The molecule has 0 spiro atoms. The first-order chi connectivity index (χ1) is 10.9. The van der Waals surface area contributed by atoms with Gasteiger partial charge in [0.05, 0.1) is 20.3 Å². The van der Waals surface area contributed by atoms with Gasteiger partial charge in [0, 0.05) is 24.0 Å². The Bertz CT molecular complexity index is 537. The average Bonchev–Trinajstić information content (AvgIpc) is 2.54. The molecule has 1 aliphatic rings. The van der Waals surface area contributed by atoms with Crippen molar-refractivity contribution in [3.8, 4) is 11.8 Å². The number of hydrogen-bond acceptors (Lipinski definition) is 7. The molecule has 1 aromatic heterocycles. The smallest absolute Gasteiger partial charge is 0.289 e. The lowest BCUT2D eigenvalue weighted by molar-refractivity contribution is 0.0818. The van der Waals surface area contributed by atoms with Crippen LogP contribution in [0, 0.1) is 0 Å². The summed E-state index contributed by atoms with van der Waals surface area (Å²) in [5, 5.41) is 3.27. The first-order valence-electron chi connectivity index (χ1n) is 7.58. The van der Waals surface area contributed by atoms with Gasteiger partial charge in [-0.2, -0.15) is 22.6 Å². The van der Waals surface area contributed by atoms with E-state index in [0.717, 1.165) is 25.9 Å². The molecule has 7 nitrogen and oxygen atoms in total. The second-order valence-corrected chi connectivity index (χ2v) is 6.71. The maximum Gasteiger partial charge on any atom is 0.289 e. The summed E-state index contributed by atoms with van der Waals surface area (Å²) >= 11 is 4.46. The normalized spacial score (nSPS) is 19.0. The molecular formula is C15H24N4O3S. The van der Waals surface area contributed by atoms with Gasteiger partial charge in [-0.3, -0.25) is 9.69 Å². The Morgan fingerprint density at radius 3 is 2.26 bits per heavy atom. The molecule has 1 atom stereocenters. The van der Waals surface area contributed by atoms with Gasteiger partial charge in [0.15, 0.2) is 0 Å². The number of methoxy groups -OCH3 is 2. The Morgan fingerprint density at radius 1 is 1.30 bits per heavy atom. The van der Waals surface area contributed by atoms with Crippen molar-refractivity contribution in [3.05, 3.63) is 11.9 Å². The summed E-state index contributed by atoms with van der Waals surface area (Å²) in [5.41, 5.74) is -0.282. The van der Waals surface area contributed by atoms with Gasteiger partial charge in [0.2, 0.25) is 17.6 Å². The van der Waals surface area contributed by atoms with Gasteiger partial charge in [-0.1, -0.05) is 0 Å². The number of carbonyl (C=O) groups is 1. The summed E-state index contributed by atoms with van der Waals surface area (Å²) < 4.78 is 10.2. The van der Waals surface area contributed by atoms with Crippen LogP contribution in [0.5, 0.6) is 11.8 Å². The summed E-state index contributed by atoms with van der Waals surface area (Å²) in [7, 11) is 2.97. The Balaban J connectivity index is 2.07. The molecule has 8 heteroatoms. The van der Waals surface area contributed by atoms with E-state index in [9.17, 15) is 4.79 Å². The summed E-state index contributed by atoms with van der Waals surface area (Å²) in [4.78, 5) is 23.0. The second kappa shape index (κ2) is 7.35. The molecule has 0 aromatic carbocycles. The Morgan fingerprint density at radius 2 is 1.83 bits per heavy atom. The zero-order valence-electron chi connectivity index (χ0n) is 14.0. The largest absolute Gasteiger partial charge is 0.481 e. The molecule has 1 aromatic rings. The molecule has 1 amide bonds. The number of carbonyl (C=O) groups excluding carboxylic acids is 1. The van der Waals surface area contributed by atoms with Crippen LogP contribution in [-0.4, -0.2) is 59.0 Å². The van der Waals surface area contributed by atoms with Crippen LogP contribution in [0.3, 0.4) is 0 Å². The zero-order chi connectivity index (χ0) is 17.0. The number of aromatic nitrogens is 2. The first kappa shape index (κ1) is 17.8. The molecule has 1 unspecified atom stereocenters. The van der Waals surface area contributed by atoms with Crippen LogP contribution in [0.15, 0.2) is 6.07 Å². The predicted molar refractivity (Wildman–Crippen MR) is 90.3 cm³/mol. The monoisotopic (exact) mass is 340 g/mol. The minimum absolute atomic E-state index is 0.0485. The van der Waals surface area contributed by atoms with Gasteiger partial charge >= 0.3 is 0 Å². The van der Waals surface area contributed by atoms with E-state index < -0.39 is 0 Å². The maximum atomic E-state index is 12.5. The van der Waals surface area contributed by atoms with Crippen molar-refractivity contribution < 1.29 is 14.3 Å². The van der Waals surface area contributed by atoms with Gasteiger partial charge in [-0.15, -0.1) is 0 Å². The van der Waals surface area contributed by atoms with E-state index in [2.05, 4.69) is 39.7 Å². The average molecular weight is 340 g/mol. The fourth-order valence-corrected chi connectivity index (χ4v) is 2.79. The van der Waals surface area contributed by atoms with Crippen LogP contribution in [0.25, 0.3) is 0 Å². The maximum absolute atomic E-state index is 12.5.